The van der Waals surface area contributed by atoms with E-state index in [2.05, 4.69) is 35.3 Å². The third-order valence-corrected chi connectivity index (χ3v) is 4.14. The summed E-state index contributed by atoms with van der Waals surface area (Å²) in [5, 5.41) is 8.15. The second kappa shape index (κ2) is 6.78. The van der Waals surface area contributed by atoms with Gasteiger partial charge in [-0.05, 0) is 59.9 Å². The summed E-state index contributed by atoms with van der Waals surface area (Å²) in [6, 6.07) is 11.3. The summed E-state index contributed by atoms with van der Waals surface area (Å²) in [6.07, 6.45) is 7.43. The summed E-state index contributed by atoms with van der Waals surface area (Å²) < 4.78 is 13.5. The van der Waals surface area contributed by atoms with E-state index in [0.29, 0.717) is 0 Å². The number of nitrogens with one attached hydrogen (secondary N) is 1. The summed E-state index contributed by atoms with van der Waals surface area (Å²) in [5.74, 6) is -0.190. The van der Waals surface area contributed by atoms with Gasteiger partial charge in [-0.2, -0.15) is 5.10 Å². The Bertz CT molecular complexity index is 846. The van der Waals surface area contributed by atoms with Gasteiger partial charge in [0.2, 0.25) is 0 Å². The summed E-state index contributed by atoms with van der Waals surface area (Å²) in [6.45, 7) is 4.15. The highest BCUT2D eigenvalue weighted by Crippen LogP contribution is 2.29. The Morgan fingerprint density at radius 3 is 2.87 bits per heavy atom. The Morgan fingerprint density at radius 2 is 2.09 bits per heavy atom. The zero-order valence-corrected chi connectivity index (χ0v) is 13.6. The molecule has 0 spiro atoms. The molecule has 3 aromatic rings. The van der Waals surface area contributed by atoms with E-state index in [4.69, 9.17) is 0 Å². The minimum absolute atomic E-state index is 0.190. The number of hydrogen-bond donors (Lipinski definition) is 1. The van der Waals surface area contributed by atoms with E-state index in [1.165, 1.54) is 11.6 Å². The van der Waals surface area contributed by atoms with Crippen molar-refractivity contribution in [2.24, 2.45) is 0 Å². The van der Waals surface area contributed by atoms with Gasteiger partial charge in [-0.25, -0.2) is 4.39 Å². The van der Waals surface area contributed by atoms with Crippen LogP contribution in [0.15, 0.2) is 48.7 Å². The monoisotopic (exact) mass is 308 g/mol. The second-order valence-corrected chi connectivity index (χ2v) is 5.89. The standard InChI is InChI=1S/C20H21FN2/c1-3-4-5-6-19(18-9-8-17(21)11-14(18)2)15-7-10-20-16(12-15)13-22-23-20/h6-13H,3-5H2,1-2H3,(H,22,23). The van der Waals surface area contributed by atoms with Crippen molar-refractivity contribution >= 4 is 16.5 Å². The van der Waals surface area contributed by atoms with Crippen LogP contribution in [0.5, 0.6) is 0 Å². The zero-order valence-electron chi connectivity index (χ0n) is 13.6. The fourth-order valence-corrected chi connectivity index (χ4v) is 2.87. The molecule has 0 fully saturated rings. The number of unbranched alkanes of at least 4 members (excludes halogenated alkanes) is 2. The molecule has 0 unspecified atom stereocenters. The molecule has 2 aromatic carbocycles. The molecule has 0 saturated heterocycles. The molecule has 1 N–H and O–H groups in total. The maximum atomic E-state index is 13.5. The number of halogens is 1. The molecular formula is C20H21FN2. The van der Waals surface area contributed by atoms with Gasteiger partial charge in [0.1, 0.15) is 5.82 Å². The molecule has 0 aliphatic rings. The number of aromatic nitrogens is 2. The normalized spacial score (nSPS) is 12.0. The van der Waals surface area contributed by atoms with Gasteiger partial charge in [-0.3, -0.25) is 5.10 Å². The summed E-state index contributed by atoms with van der Waals surface area (Å²) >= 11 is 0. The van der Waals surface area contributed by atoms with Crippen LogP contribution in [0.2, 0.25) is 0 Å². The topological polar surface area (TPSA) is 28.7 Å². The maximum absolute atomic E-state index is 13.5. The Balaban J connectivity index is 2.09. The average Bonchev–Trinajstić information content (AvgIpc) is 3.00. The van der Waals surface area contributed by atoms with Crippen molar-refractivity contribution in [2.75, 3.05) is 0 Å². The quantitative estimate of drug-likeness (QED) is 0.608. The molecule has 118 valence electrons. The first-order valence-corrected chi connectivity index (χ1v) is 8.09. The van der Waals surface area contributed by atoms with E-state index in [1.54, 1.807) is 6.07 Å². The molecule has 0 saturated carbocycles. The Morgan fingerprint density at radius 1 is 1.22 bits per heavy atom. The van der Waals surface area contributed by atoms with Gasteiger partial charge in [0.25, 0.3) is 0 Å². The largest absolute Gasteiger partial charge is 0.278 e. The van der Waals surface area contributed by atoms with Gasteiger partial charge in [-0.15, -0.1) is 0 Å². The molecule has 0 bridgehead atoms. The van der Waals surface area contributed by atoms with E-state index >= 15 is 0 Å². The lowest BCUT2D eigenvalue weighted by atomic mass is 9.92. The summed E-state index contributed by atoms with van der Waals surface area (Å²) in [5.41, 5.74) is 5.38. The Kier molecular flexibility index (Phi) is 4.56. The van der Waals surface area contributed by atoms with Gasteiger partial charge in [0.15, 0.2) is 0 Å². The van der Waals surface area contributed by atoms with Crippen LogP contribution in [0.25, 0.3) is 16.5 Å². The van der Waals surface area contributed by atoms with Crippen LogP contribution in [0.4, 0.5) is 4.39 Å². The fourth-order valence-electron chi connectivity index (χ4n) is 2.87. The predicted octanol–water partition coefficient (Wildman–Crippen LogP) is 5.63. The average molecular weight is 308 g/mol. The summed E-state index contributed by atoms with van der Waals surface area (Å²) in [4.78, 5) is 0. The zero-order chi connectivity index (χ0) is 16.2. The van der Waals surface area contributed by atoms with Gasteiger partial charge in [0.05, 0.1) is 11.7 Å². The lowest BCUT2D eigenvalue weighted by Gasteiger charge is -2.12. The highest BCUT2D eigenvalue weighted by Gasteiger charge is 2.10. The number of benzene rings is 2. The van der Waals surface area contributed by atoms with Crippen LogP contribution < -0.4 is 0 Å². The molecule has 1 heterocycles. The first-order valence-electron chi connectivity index (χ1n) is 8.09. The third kappa shape index (κ3) is 3.34. The van der Waals surface area contributed by atoms with Crippen molar-refractivity contribution in [1.29, 1.82) is 0 Å². The lowest BCUT2D eigenvalue weighted by Crippen LogP contribution is -1.93. The number of aryl methyl sites for hydroxylation is 1. The lowest BCUT2D eigenvalue weighted by molar-refractivity contribution is 0.626. The number of aromatic amines is 1. The maximum Gasteiger partial charge on any atom is 0.123 e. The van der Waals surface area contributed by atoms with Crippen molar-refractivity contribution in [3.05, 3.63) is 71.2 Å². The molecule has 0 atom stereocenters. The molecule has 1 aromatic heterocycles. The van der Waals surface area contributed by atoms with Crippen LogP contribution in [0.3, 0.4) is 0 Å². The van der Waals surface area contributed by atoms with E-state index in [1.807, 2.05) is 25.3 Å². The van der Waals surface area contributed by atoms with Gasteiger partial charge >= 0.3 is 0 Å². The Hall–Kier alpha value is -2.42. The number of rotatable bonds is 5. The van der Waals surface area contributed by atoms with Gasteiger partial charge in [0, 0.05) is 5.39 Å². The number of hydrogen-bond acceptors (Lipinski definition) is 1. The van der Waals surface area contributed by atoms with E-state index in [0.717, 1.165) is 46.9 Å². The van der Waals surface area contributed by atoms with Crippen LogP contribution in [-0.2, 0) is 0 Å². The van der Waals surface area contributed by atoms with Crippen molar-refractivity contribution in [1.82, 2.24) is 10.2 Å². The number of fused-ring (bicyclic) bond motifs is 1. The van der Waals surface area contributed by atoms with Crippen molar-refractivity contribution < 1.29 is 4.39 Å². The predicted molar refractivity (Wildman–Crippen MR) is 93.8 cm³/mol. The summed E-state index contributed by atoms with van der Waals surface area (Å²) in [7, 11) is 0. The molecule has 0 radical (unpaired) electrons. The minimum Gasteiger partial charge on any atom is -0.278 e. The SMILES string of the molecule is CCCCC=C(c1ccc2[nH]ncc2c1)c1ccc(F)cc1C. The molecule has 23 heavy (non-hydrogen) atoms. The number of nitrogens with zero attached hydrogens (tertiary/aromatic N) is 1. The fraction of sp³-hybridized carbons (Fsp3) is 0.250. The molecule has 3 heteroatoms. The van der Waals surface area contributed by atoms with Crippen LogP contribution >= 0.6 is 0 Å². The highest BCUT2D eigenvalue weighted by atomic mass is 19.1. The van der Waals surface area contributed by atoms with Crippen LogP contribution in [0, 0.1) is 12.7 Å². The van der Waals surface area contributed by atoms with Crippen molar-refractivity contribution in [3.8, 4) is 0 Å². The first-order chi connectivity index (χ1) is 11.2. The smallest absolute Gasteiger partial charge is 0.123 e. The van der Waals surface area contributed by atoms with Crippen LogP contribution in [0.1, 0.15) is 42.9 Å². The first kappa shape index (κ1) is 15.5. The van der Waals surface area contributed by atoms with Crippen molar-refractivity contribution in [2.45, 2.75) is 33.1 Å². The molecule has 0 aliphatic heterocycles. The van der Waals surface area contributed by atoms with E-state index in [9.17, 15) is 4.39 Å². The highest BCUT2D eigenvalue weighted by molar-refractivity contribution is 5.88. The number of H-pyrrole nitrogens is 1. The minimum atomic E-state index is -0.190. The van der Waals surface area contributed by atoms with E-state index < -0.39 is 0 Å². The van der Waals surface area contributed by atoms with Crippen LogP contribution in [-0.4, -0.2) is 10.2 Å². The Labute approximate surface area is 136 Å². The molecule has 0 amide bonds. The molecule has 3 rings (SSSR count). The number of allylic oxidation sites excluding steroid dienone is 1. The van der Waals surface area contributed by atoms with Gasteiger partial charge < -0.3 is 0 Å². The second-order valence-electron chi connectivity index (χ2n) is 5.89. The molecular weight excluding hydrogens is 287 g/mol. The van der Waals surface area contributed by atoms with E-state index in [-0.39, 0.29) is 5.82 Å². The third-order valence-electron chi connectivity index (χ3n) is 4.14. The molecule has 0 aliphatic carbocycles. The van der Waals surface area contributed by atoms with Crippen molar-refractivity contribution in [3.63, 3.8) is 0 Å². The molecule has 2 nitrogen and oxygen atoms in total. The van der Waals surface area contributed by atoms with Gasteiger partial charge in [-0.1, -0.05) is 38.0 Å².